The van der Waals surface area contributed by atoms with Gasteiger partial charge >= 0.3 is 0 Å². The maximum absolute atomic E-state index is 10.7. The molecule has 1 aromatic carbocycles. The number of thioether (sulfide) groups is 2. The van der Waals surface area contributed by atoms with Crippen LogP contribution in [0.3, 0.4) is 0 Å². The van der Waals surface area contributed by atoms with Crippen LogP contribution in [0.4, 0.5) is 0 Å². The Kier molecular flexibility index (Phi) is 4.92. The van der Waals surface area contributed by atoms with Crippen molar-refractivity contribution >= 4 is 23.5 Å². The first kappa shape index (κ1) is 15.4. The number of ether oxygens (including phenoxy) is 2. The Balaban J connectivity index is 1.75. The van der Waals surface area contributed by atoms with Gasteiger partial charge in [0, 0.05) is 27.9 Å². The summed E-state index contributed by atoms with van der Waals surface area (Å²) in [5.74, 6) is 2.54. The van der Waals surface area contributed by atoms with Crippen molar-refractivity contribution in [2.45, 2.75) is 42.1 Å². The van der Waals surface area contributed by atoms with Gasteiger partial charge < -0.3 is 14.6 Å². The van der Waals surface area contributed by atoms with E-state index in [1.54, 1.807) is 0 Å². The van der Waals surface area contributed by atoms with Gasteiger partial charge in [-0.25, -0.2) is 0 Å². The summed E-state index contributed by atoms with van der Waals surface area (Å²) in [4.78, 5) is 0. The van der Waals surface area contributed by atoms with Crippen LogP contribution in [0.2, 0.25) is 0 Å². The number of rotatable bonds is 2. The molecule has 2 aliphatic rings. The summed E-state index contributed by atoms with van der Waals surface area (Å²) in [6.45, 7) is 5.88. The zero-order valence-electron chi connectivity index (χ0n) is 12.5. The van der Waals surface area contributed by atoms with Crippen LogP contribution in [0, 0.1) is 0 Å². The molecule has 2 heterocycles. The summed E-state index contributed by atoms with van der Waals surface area (Å²) in [7, 11) is 0. The average molecular weight is 326 g/mol. The fourth-order valence-corrected chi connectivity index (χ4v) is 5.56. The van der Waals surface area contributed by atoms with Gasteiger partial charge in [0.15, 0.2) is 11.5 Å². The second kappa shape index (κ2) is 6.71. The maximum atomic E-state index is 10.7. The molecule has 21 heavy (non-hydrogen) atoms. The first-order valence-electron chi connectivity index (χ1n) is 7.50. The average Bonchev–Trinajstić information content (AvgIpc) is 2.73. The molecule has 1 aromatic rings. The van der Waals surface area contributed by atoms with Gasteiger partial charge in [-0.1, -0.05) is 19.9 Å². The van der Waals surface area contributed by atoms with Gasteiger partial charge in [0.05, 0.1) is 19.3 Å². The summed E-state index contributed by atoms with van der Waals surface area (Å²) in [6.07, 6.45) is 0.450. The highest BCUT2D eigenvalue weighted by molar-refractivity contribution is 8.07. The lowest BCUT2D eigenvalue weighted by atomic mass is 10.1. The Hall–Kier alpha value is -0.520. The SMILES string of the molecule is CC1SCC(C(O)c2ccc3c(c2)OCCCO3)SC1C. The van der Waals surface area contributed by atoms with Gasteiger partial charge in [-0.05, 0) is 17.7 Å². The largest absolute Gasteiger partial charge is 0.490 e. The number of hydrogen-bond acceptors (Lipinski definition) is 5. The Bertz CT molecular complexity index is 494. The Morgan fingerprint density at radius 1 is 1.14 bits per heavy atom. The second-order valence-electron chi connectivity index (χ2n) is 5.62. The molecule has 3 nitrogen and oxygen atoms in total. The molecular weight excluding hydrogens is 304 g/mol. The van der Waals surface area contributed by atoms with Crippen molar-refractivity contribution in [1.82, 2.24) is 0 Å². The summed E-state index contributed by atoms with van der Waals surface area (Å²) in [5.41, 5.74) is 0.930. The van der Waals surface area contributed by atoms with Crippen molar-refractivity contribution in [1.29, 1.82) is 0 Å². The molecule has 116 valence electrons. The first-order chi connectivity index (χ1) is 10.1. The Morgan fingerprint density at radius 2 is 1.90 bits per heavy atom. The van der Waals surface area contributed by atoms with E-state index in [4.69, 9.17) is 9.47 Å². The van der Waals surface area contributed by atoms with Gasteiger partial charge in [0.25, 0.3) is 0 Å². The standard InChI is InChI=1S/C16H22O3S2/c1-10-11(2)21-15(9-20-10)16(17)12-4-5-13-14(8-12)19-7-3-6-18-13/h4-5,8,10-11,15-17H,3,6-7,9H2,1-2H3. The van der Waals surface area contributed by atoms with Crippen LogP contribution in [0.15, 0.2) is 18.2 Å². The molecule has 3 rings (SSSR count). The lowest BCUT2D eigenvalue weighted by Crippen LogP contribution is -2.30. The number of benzene rings is 1. The molecule has 4 unspecified atom stereocenters. The highest BCUT2D eigenvalue weighted by atomic mass is 32.2. The number of aliphatic hydroxyl groups is 1. The molecule has 1 saturated heterocycles. The predicted molar refractivity (Wildman–Crippen MR) is 89.8 cm³/mol. The molecule has 0 aromatic heterocycles. The van der Waals surface area contributed by atoms with E-state index < -0.39 is 6.10 Å². The fourth-order valence-electron chi connectivity index (χ4n) is 2.55. The van der Waals surface area contributed by atoms with Crippen LogP contribution in [0.1, 0.15) is 31.9 Å². The molecule has 1 fully saturated rings. The van der Waals surface area contributed by atoms with Crippen molar-refractivity contribution in [2.75, 3.05) is 19.0 Å². The first-order valence-corrected chi connectivity index (χ1v) is 9.49. The minimum atomic E-state index is -0.449. The van der Waals surface area contributed by atoms with Crippen molar-refractivity contribution < 1.29 is 14.6 Å². The van der Waals surface area contributed by atoms with Crippen LogP contribution < -0.4 is 9.47 Å². The molecule has 0 aliphatic carbocycles. The molecular formula is C16H22O3S2. The molecule has 0 spiro atoms. The lowest BCUT2D eigenvalue weighted by Gasteiger charge is -2.34. The third kappa shape index (κ3) is 3.46. The summed E-state index contributed by atoms with van der Waals surface area (Å²) >= 11 is 3.85. The maximum Gasteiger partial charge on any atom is 0.161 e. The monoisotopic (exact) mass is 326 g/mol. The minimum absolute atomic E-state index is 0.242. The van der Waals surface area contributed by atoms with E-state index >= 15 is 0 Å². The van der Waals surface area contributed by atoms with Gasteiger partial charge in [0.2, 0.25) is 0 Å². The Labute approximate surface area is 134 Å². The van der Waals surface area contributed by atoms with Crippen LogP contribution >= 0.6 is 23.5 Å². The van der Waals surface area contributed by atoms with Crippen LogP contribution in [-0.4, -0.2) is 39.8 Å². The smallest absolute Gasteiger partial charge is 0.161 e. The van der Waals surface area contributed by atoms with Gasteiger partial charge in [-0.2, -0.15) is 23.5 Å². The van der Waals surface area contributed by atoms with Gasteiger partial charge in [-0.15, -0.1) is 0 Å². The summed E-state index contributed by atoms with van der Waals surface area (Å²) in [6, 6.07) is 5.83. The molecule has 0 saturated carbocycles. The van der Waals surface area contributed by atoms with Crippen molar-refractivity contribution in [2.24, 2.45) is 0 Å². The summed E-state index contributed by atoms with van der Waals surface area (Å²) < 4.78 is 11.4. The molecule has 2 aliphatic heterocycles. The molecule has 1 N–H and O–H groups in total. The van der Waals surface area contributed by atoms with Crippen LogP contribution in [0.25, 0.3) is 0 Å². The number of fused-ring (bicyclic) bond motifs is 1. The quantitative estimate of drug-likeness (QED) is 0.900. The lowest BCUT2D eigenvalue weighted by molar-refractivity contribution is 0.179. The van der Waals surface area contributed by atoms with Gasteiger partial charge in [-0.3, -0.25) is 0 Å². The zero-order valence-corrected chi connectivity index (χ0v) is 14.1. The molecule has 4 atom stereocenters. The highest BCUT2D eigenvalue weighted by Gasteiger charge is 2.31. The van der Waals surface area contributed by atoms with E-state index in [0.717, 1.165) is 29.2 Å². The van der Waals surface area contributed by atoms with E-state index in [2.05, 4.69) is 13.8 Å². The topological polar surface area (TPSA) is 38.7 Å². The third-order valence-corrected chi connectivity index (χ3v) is 7.52. The van der Waals surface area contributed by atoms with Crippen molar-refractivity contribution in [3.63, 3.8) is 0 Å². The highest BCUT2D eigenvalue weighted by Crippen LogP contribution is 2.42. The normalized spacial score (nSPS) is 30.5. The molecule has 0 bridgehead atoms. The molecule has 0 radical (unpaired) electrons. The van der Waals surface area contributed by atoms with E-state index in [0.29, 0.717) is 23.7 Å². The van der Waals surface area contributed by atoms with Crippen LogP contribution in [0.5, 0.6) is 11.5 Å². The van der Waals surface area contributed by atoms with Crippen molar-refractivity contribution in [3.8, 4) is 11.5 Å². The predicted octanol–water partition coefficient (Wildman–Crippen LogP) is 3.51. The minimum Gasteiger partial charge on any atom is -0.490 e. The van der Waals surface area contributed by atoms with Crippen molar-refractivity contribution in [3.05, 3.63) is 23.8 Å². The van der Waals surface area contributed by atoms with Crippen LogP contribution in [-0.2, 0) is 0 Å². The zero-order chi connectivity index (χ0) is 14.8. The fraction of sp³-hybridized carbons (Fsp3) is 0.625. The van der Waals surface area contributed by atoms with Gasteiger partial charge in [0.1, 0.15) is 0 Å². The molecule has 0 amide bonds. The van der Waals surface area contributed by atoms with E-state index in [-0.39, 0.29) is 5.25 Å². The molecule has 5 heteroatoms. The second-order valence-corrected chi connectivity index (χ2v) is 8.65. The van der Waals surface area contributed by atoms with E-state index in [1.807, 2.05) is 41.7 Å². The third-order valence-electron chi connectivity index (χ3n) is 4.04. The Morgan fingerprint density at radius 3 is 2.67 bits per heavy atom. The van der Waals surface area contributed by atoms with E-state index in [1.165, 1.54) is 0 Å². The number of hydrogen-bond donors (Lipinski definition) is 1. The summed E-state index contributed by atoms with van der Waals surface area (Å²) in [5, 5.41) is 12.2. The number of aliphatic hydroxyl groups excluding tert-OH is 1. The van der Waals surface area contributed by atoms with E-state index in [9.17, 15) is 5.11 Å².